The molecule has 0 spiro atoms. The van der Waals surface area contributed by atoms with Crippen LogP contribution in [0.1, 0.15) is 6.42 Å². The number of rotatable bonds is 4. The Morgan fingerprint density at radius 2 is 2.10 bits per heavy atom. The van der Waals surface area contributed by atoms with Crippen molar-refractivity contribution in [2.75, 3.05) is 5.32 Å². The summed E-state index contributed by atoms with van der Waals surface area (Å²) >= 11 is 0. The molecule has 2 heterocycles. The number of furan rings is 1. The number of hydrogen-bond donors (Lipinski definition) is 1. The second-order valence-electron chi connectivity index (χ2n) is 4.45. The van der Waals surface area contributed by atoms with E-state index >= 15 is 0 Å². The highest BCUT2D eigenvalue weighted by Gasteiger charge is 2.14. The lowest BCUT2D eigenvalue weighted by Crippen LogP contribution is -2.18. The second kappa shape index (κ2) is 5.52. The molecule has 1 aliphatic rings. The number of anilines is 1. The molecule has 5 nitrogen and oxygen atoms in total. The summed E-state index contributed by atoms with van der Waals surface area (Å²) in [7, 11) is 0. The molecule has 2 aromatic rings. The normalized spacial score (nSPS) is 16.5. The van der Waals surface area contributed by atoms with E-state index in [1.165, 1.54) is 6.34 Å². The van der Waals surface area contributed by atoms with Crippen molar-refractivity contribution in [2.24, 2.45) is 9.98 Å². The summed E-state index contributed by atoms with van der Waals surface area (Å²) in [4.78, 5) is 19.7. The van der Waals surface area contributed by atoms with Crippen LogP contribution in [-0.2, 0) is 4.79 Å². The van der Waals surface area contributed by atoms with E-state index in [9.17, 15) is 4.79 Å². The van der Waals surface area contributed by atoms with Gasteiger partial charge in [0.2, 0.25) is 5.91 Å². The summed E-state index contributed by atoms with van der Waals surface area (Å²) in [5, 5.41) is 2.72. The number of carbonyl (C=O) groups is 1. The van der Waals surface area contributed by atoms with Crippen molar-refractivity contribution in [2.45, 2.75) is 12.5 Å². The van der Waals surface area contributed by atoms with Gasteiger partial charge in [-0.15, -0.1) is 0 Å². The van der Waals surface area contributed by atoms with Gasteiger partial charge >= 0.3 is 0 Å². The number of aliphatic imine (C=N–C) groups is 2. The molecule has 1 aliphatic heterocycles. The Kier molecular flexibility index (Phi) is 3.41. The van der Waals surface area contributed by atoms with Crippen molar-refractivity contribution >= 4 is 24.3 Å². The minimum absolute atomic E-state index is 0.144. The van der Waals surface area contributed by atoms with Gasteiger partial charge in [0.1, 0.15) is 12.6 Å². The number of amides is 1. The van der Waals surface area contributed by atoms with Crippen LogP contribution >= 0.6 is 0 Å². The number of nitrogens with zero attached hydrogens (tertiary/aromatic N) is 2. The number of carbonyl (C=O) groups excluding carboxylic acids is 1. The molecule has 1 unspecified atom stereocenters. The van der Waals surface area contributed by atoms with Gasteiger partial charge in [-0.1, -0.05) is 30.3 Å². The standard InChI is InChI=1S/C15H13N3O2/c19-14(7-13-8-16-10-17-13)18-15-6-12(9-20-15)11-4-2-1-3-5-11/h1-6,8-10,13H,7H2,(H,18,19). The average Bonchev–Trinajstić information content (AvgIpc) is 3.11. The molecule has 0 saturated carbocycles. The molecule has 3 rings (SSSR count). The van der Waals surface area contributed by atoms with Crippen LogP contribution in [0.25, 0.3) is 11.1 Å². The summed E-state index contributed by atoms with van der Waals surface area (Å²) in [5.74, 6) is 0.294. The maximum Gasteiger partial charge on any atom is 0.229 e. The van der Waals surface area contributed by atoms with E-state index in [1.54, 1.807) is 18.5 Å². The van der Waals surface area contributed by atoms with Gasteiger partial charge in [0.05, 0.1) is 12.5 Å². The summed E-state index contributed by atoms with van der Waals surface area (Å²) < 4.78 is 5.35. The van der Waals surface area contributed by atoms with E-state index in [0.29, 0.717) is 5.88 Å². The first-order valence-electron chi connectivity index (χ1n) is 6.30. The average molecular weight is 267 g/mol. The lowest BCUT2D eigenvalue weighted by Gasteiger charge is -2.03. The maximum absolute atomic E-state index is 11.8. The molecule has 20 heavy (non-hydrogen) atoms. The van der Waals surface area contributed by atoms with Gasteiger partial charge in [0, 0.05) is 17.8 Å². The number of nitrogens with one attached hydrogen (secondary N) is 1. The van der Waals surface area contributed by atoms with E-state index in [-0.39, 0.29) is 18.4 Å². The molecule has 1 atom stereocenters. The third-order valence-corrected chi connectivity index (χ3v) is 2.95. The number of benzene rings is 1. The molecule has 0 aliphatic carbocycles. The summed E-state index contributed by atoms with van der Waals surface area (Å²) in [5.41, 5.74) is 1.98. The fourth-order valence-electron chi connectivity index (χ4n) is 1.97. The van der Waals surface area contributed by atoms with Crippen molar-refractivity contribution in [3.63, 3.8) is 0 Å². The van der Waals surface area contributed by atoms with Gasteiger partial charge in [-0.2, -0.15) is 0 Å². The van der Waals surface area contributed by atoms with Crippen molar-refractivity contribution in [3.8, 4) is 11.1 Å². The Hall–Kier alpha value is -2.69. The van der Waals surface area contributed by atoms with Gasteiger partial charge in [-0.25, -0.2) is 4.99 Å². The van der Waals surface area contributed by atoms with Crippen LogP contribution in [0.5, 0.6) is 0 Å². The van der Waals surface area contributed by atoms with Crippen LogP contribution in [0, 0.1) is 0 Å². The smallest absolute Gasteiger partial charge is 0.229 e. The molecule has 1 amide bonds. The van der Waals surface area contributed by atoms with Crippen molar-refractivity contribution in [1.82, 2.24) is 0 Å². The van der Waals surface area contributed by atoms with Crippen LogP contribution in [0.3, 0.4) is 0 Å². The fourth-order valence-corrected chi connectivity index (χ4v) is 1.97. The van der Waals surface area contributed by atoms with Gasteiger partial charge in [-0.05, 0) is 5.56 Å². The van der Waals surface area contributed by atoms with Crippen LogP contribution in [0.15, 0.2) is 57.1 Å². The van der Waals surface area contributed by atoms with Crippen LogP contribution < -0.4 is 5.32 Å². The quantitative estimate of drug-likeness (QED) is 0.925. The molecule has 0 fully saturated rings. The monoisotopic (exact) mass is 267 g/mol. The molecule has 1 aromatic carbocycles. The molecule has 0 bridgehead atoms. The summed E-state index contributed by atoms with van der Waals surface area (Å²) in [6, 6.07) is 11.5. The van der Waals surface area contributed by atoms with E-state index in [0.717, 1.165) is 11.1 Å². The van der Waals surface area contributed by atoms with Gasteiger partial charge in [0.25, 0.3) is 0 Å². The lowest BCUT2D eigenvalue weighted by atomic mass is 10.1. The van der Waals surface area contributed by atoms with Crippen molar-refractivity contribution in [3.05, 3.63) is 42.7 Å². The van der Waals surface area contributed by atoms with Crippen molar-refractivity contribution in [1.29, 1.82) is 0 Å². The zero-order valence-corrected chi connectivity index (χ0v) is 10.7. The topological polar surface area (TPSA) is 67.0 Å². The minimum atomic E-state index is -0.168. The Morgan fingerprint density at radius 3 is 2.85 bits per heavy atom. The van der Waals surface area contributed by atoms with E-state index in [4.69, 9.17) is 4.42 Å². The lowest BCUT2D eigenvalue weighted by molar-refractivity contribution is -0.116. The molecule has 100 valence electrons. The molecular weight excluding hydrogens is 254 g/mol. The van der Waals surface area contributed by atoms with Crippen molar-refractivity contribution < 1.29 is 9.21 Å². The third-order valence-electron chi connectivity index (χ3n) is 2.95. The second-order valence-corrected chi connectivity index (χ2v) is 4.45. The molecular formula is C15H13N3O2. The van der Waals surface area contributed by atoms with Crippen LogP contribution in [0.4, 0.5) is 5.88 Å². The van der Waals surface area contributed by atoms with E-state index in [2.05, 4.69) is 15.3 Å². The Labute approximate surface area is 116 Å². The van der Waals surface area contributed by atoms with Gasteiger partial charge < -0.3 is 4.42 Å². The molecule has 0 saturated heterocycles. The largest absolute Gasteiger partial charge is 0.448 e. The Morgan fingerprint density at radius 1 is 1.25 bits per heavy atom. The highest BCUT2D eigenvalue weighted by molar-refractivity contribution is 5.94. The molecule has 5 heteroatoms. The first-order chi connectivity index (χ1) is 9.81. The third kappa shape index (κ3) is 2.83. The van der Waals surface area contributed by atoms with Crippen LogP contribution in [-0.4, -0.2) is 24.5 Å². The highest BCUT2D eigenvalue weighted by atomic mass is 16.3. The van der Waals surface area contributed by atoms with E-state index < -0.39 is 0 Å². The summed E-state index contributed by atoms with van der Waals surface area (Å²) in [6.07, 6.45) is 5.00. The summed E-state index contributed by atoms with van der Waals surface area (Å²) in [6.45, 7) is 0. The Balaban J connectivity index is 1.64. The first-order valence-corrected chi connectivity index (χ1v) is 6.30. The zero-order valence-electron chi connectivity index (χ0n) is 10.7. The predicted octanol–water partition coefficient (Wildman–Crippen LogP) is 2.76. The van der Waals surface area contributed by atoms with Gasteiger partial charge in [0.15, 0.2) is 5.88 Å². The van der Waals surface area contributed by atoms with Gasteiger partial charge in [-0.3, -0.25) is 15.1 Å². The van der Waals surface area contributed by atoms with E-state index in [1.807, 2.05) is 30.3 Å². The number of hydrogen-bond acceptors (Lipinski definition) is 4. The molecule has 0 radical (unpaired) electrons. The SMILES string of the molecule is O=C(CC1C=NC=N1)Nc1cc(-c2ccccc2)co1. The van der Waals surface area contributed by atoms with Crippen LogP contribution in [0.2, 0.25) is 0 Å². The fraction of sp³-hybridized carbons (Fsp3) is 0.133. The highest BCUT2D eigenvalue weighted by Crippen LogP contribution is 2.24. The molecule has 1 N–H and O–H groups in total. The predicted molar refractivity (Wildman–Crippen MR) is 78.2 cm³/mol. The zero-order chi connectivity index (χ0) is 13.8. The molecule has 1 aromatic heterocycles. The first kappa shape index (κ1) is 12.3. The Bertz CT molecular complexity index is 647. The maximum atomic E-state index is 11.8. The minimum Gasteiger partial charge on any atom is -0.448 e.